The zero-order valence-electron chi connectivity index (χ0n) is 10.6. The lowest BCUT2D eigenvalue weighted by Gasteiger charge is -2.05. The van der Waals surface area contributed by atoms with E-state index in [1.54, 1.807) is 17.5 Å². The summed E-state index contributed by atoms with van der Waals surface area (Å²) in [4.78, 5) is 9.65. The largest absolute Gasteiger partial charge is 0.486 e. The van der Waals surface area contributed by atoms with Crippen molar-refractivity contribution in [1.82, 2.24) is 15.3 Å². The Morgan fingerprint density at radius 3 is 2.78 bits per heavy atom. The summed E-state index contributed by atoms with van der Waals surface area (Å²) in [6, 6.07) is 3.93. The number of hydrogen-bond acceptors (Lipinski definition) is 5. The van der Waals surface area contributed by atoms with E-state index < -0.39 is 0 Å². The smallest absolute Gasteiger partial charge is 0.138 e. The van der Waals surface area contributed by atoms with E-state index in [0.717, 1.165) is 34.4 Å². The topological polar surface area (TPSA) is 47.0 Å². The van der Waals surface area contributed by atoms with Crippen LogP contribution in [0.5, 0.6) is 5.75 Å². The molecule has 0 fully saturated rings. The lowest BCUT2D eigenvalue weighted by molar-refractivity contribution is 0.308. The molecule has 0 amide bonds. The summed E-state index contributed by atoms with van der Waals surface area (Å²) in [6.07, 6.45) is 3.62. The van der Waals surface area contributed by atoms with Gasteiger partial charge in [0, 0.05) is 12.7 Å². The van der Waals surface area contributed by atoms with Crippen LogP contribution in [-0.2, 0) is 13.2 Å². The number of rotatable bonds is 6. The lowest BCUT2D eigenvalue weighted by atomic mass is 10.3. The Morgan fingerprint density at radius 2 is 2.17 bits per heavy atom. The first-order chi connectivity index (χ1) is 8.78. The summed E-state index contributed by atoms with van der Waals surface area (Å²) < 4.78 is 5.65. The highest BCUT2D eigenvalue weighted by atomic mass is 32.1. The highest BCUT2D eigenvalue weighted by Gasteiger charge is 2.00. The molecule has 2 rings (SSSR count). The first-order valence-electron chi connectivity index (χ1n) is 5.97. The van der Waals surface area contributed by atoms with Crippen molar-refractivity contribution in [1.29, 1.82) is 0 Å². The number of nitrogens with zero attached hydrogens (tertiary/aromatic N) is 2. The molecule has 0 unspecified atom stereocenters. The molecular weight excluding hydrogens is 246 g/mol. The van der Waals surface area contributed by atoms with E-state index >= 15 is 0 Å². The molecule has 5 heteroatoms. The van der Waals surface area contributed by atoms with Crippen LogP contribution in [0.25, 0.3) is 0 Å². The van der Waals surface area contributed by atoms with Crippen molar-refractivity contribution in [3.8, 4) is 5.75 Å². The molecule has 2 heterocycles. The number of aryl methyl sites for hydroxylation is 1. The zero-order valence-corrected chi connectivity index (χ0v) is 11.5. The fourth-order valence-corrected chi connectivity index (χ4v) is 2.19. The van der Waals surface area contributed by atoms with E-state index in [-0.39, 0.29) is 0 Å². The van der Waals surface area contributed by atoms with Crippen molar-refractivity contribution >= 4 is 11.3 Å². The van der Waals surface area contributed by atoms with Crippen molar-refractivity contribution in [3.63, 3.8) is 0 Å². The minimum absolute atomic E-state index is 0.555. The van der Waals surface area contributed by atoms with Gasteiger partial charge in [-0.25, -0.2) is 4.98 Å². The van der Waals surface area contributed by atoms with E-state index in [4.69, 9.17) is 4.74 Å². The molecule has 0 aliphatic heterocycles. The molecule has 96 valence electrons. The summed E-state index contributed by atoms with van der Waals surface area (Å²) in [5.74, 6) is 0.793. The van der Waals surface area contributed by atoms with E-state index in [1.807, 2.05) is 25.3 Å². The third-order valence-corrected chi connectivity index (χ3v) is 3.29. The minimum atomic E-state index is 0.555. The van der Waals surface area contributed by atoms with Crippen molar-refractivity contribution in [3.05, 3.63) is 40.1 Å². The average molecular weight is 263 g/mol. The third kappa shape index (κ3) is 3.78. The standard InChI is InChI=1S/C13H17N3OS/c1-3-14-6-11-4-5-12(7-16-11)17-9-13-8-15-10(2)18-13/h4-5,7-8,14H,3,6,9H2,1-2H3. The number of aromatic nitrogens is 2. The van der Waals surface area contributed by atoms with Gasteiger partial charge in [-0.1, -0.05) is 6.92 Å². The SMILES string of the molecule is CCNCc1ccc(OCc2cnc(C)s2)cn1. The molecular formula is C13H17N3OS. The Hall–Kier alpha value is -1.46. The van der Waals surface area contributed by atoms with E-state index in [0.29, 0.717) is 6.61 Å². The van der Waals surface area contributed by atoms with Crippen LogP contribution in [0.15, 0.2) is 24.5 Å². The second kappa shape index (κ2) is 6.47. The minimum Gasteiger partial charge on any atom is -0.486 e. The predicted octanol–water partition coefficient (Wildman–Crippen LogP) is 2.54. The van der Waals surface area contributed by atoms with Crippen LogP contribution in [0.4, 0.5) is 0 Å². The monoisotopic (exact) mass is 263 g/mol. The fourth-order valence-electron chi connectivity index (χ4n) is 1.48. The second-order valence-electron chi connectivity index (χ2n) is 3.90. The van der Waals surface area contributed by atoms with Crippen LogP contribution >= 0.6 is 11.3 Å². The van der Waals surface area contributed by atoms with Crippen LogP contribution in [0.1, 0.15) is 22.5 Å². The van der Waals surface area contributed by atoms with Gasteiger partial charge in [0.25, 0.3) is 0 Å². The Balaban J connectivity index is 1.86. The maximum Gasteiger partial charge on any atom is 0.138 e. The van der Waals surface area contributed by atoms with Gasteiger partial charge in [0.15, 0.2) is 0 Å². The number of thiazole rings is 1. The van der Waals surface area contributed by atoms with Crippen LogP contribution in [-0.4, -0.2) is 16.5 Å². The highest BCUT2D eigenvalue weighted by molar-refractivity contribution is 7.11. The third-order valence-electron chi connectivity index (χ3n) is 2.40. The van der Waals surface area contributed by atoms with Gasteiger partial charge in [-0.2, -0.15) is 0 Å². The average Bonchev–Trinajstić information content (AvgIpc) is 2.81. The Kier molecular flexibility index (Phi) is 4.66. The number of pyridine rings is 1. The maximum absolute atomic E-state index is 5.65. The van der Waals surface area contributed by atoms with Gasteiger partial charge in [0.1, 0.15) is 12.4 Å². The molecule has 0 saturated carbocycles. The molecule has 0 bridgehead atoms. The van der Waals surface area contributed by atoms with Crippen LogP contribution in [0, 0.1) is 6.92 Å². The van der Waals surface area contributed by atoms with Crippen LogP contribution in [0.2, 0.25) is 0 Å². The van der Waals surface area contributed by atoms with E-state index in [2.05, 4.69) is 22.2 Å². The summed E-state index contributed by atoms with van der Waals surface area (Å²) in [5, 5.41) is 4.30. The van der Waals surface area contributed by atoms with Gasteiger partial charge < -0.3 is 10.1 Å². The molecule has 0 aliphatic carbocycles. The maximum atomic E-state index is 5.65. The van der Waals surface area contributed by atoms with Gasteiger partial charge in [-0.05, 0) is 25.6 Å². The van der Waals surface area contributed by atoms with Crippen molar-refractivity contribution in [2.45, 2.75) is 27.0 Å². The molecule has 0 atom stereocenters. The normalized spacial score (nSPS) is 10.6. The van der Waals surface area contributed by atoms with Crippen molar-refractivity contribution in [2.75, 3.05) is 6.54 Å². The highest BCUT2D eigenvalue weighted by Crippen LogP contribution is 2.16. The first kappa shape index (κ1) is 13.0. The number of ether oxygens (including phenoxy) is 1. The van der Waals surface area contributed by atoms with Crippen LogP contribution < -0.4 is 10.1 Å². The lowest BCUT2D eigenvalue weighted by Crippen LogP contribution is -2.12. The van der Waals surface area contributed by atoms with Gasteiger partial charge in [-0.15, -0.1) is 11.3 Å². The molecule has 2 aromatic heterocycles. The first-order valence-corrected chi connectivity index (χ1v) is 6.79. The summed E-state index contributed by atoms with van der Waals surface area (Å²) in [6.45, 7) is 6.37. The predicted molar refractivity (Wildman–Crippen MR) is 72.8 cm³/mol. The Bertz CT molecular complexity index is 481. The molecule has 0 spiro atoms. The van der Waals surface area contributed by atoms with E-state index in [1.165, 1.54) is 0 Å². The van der Waals surface area contributed by atoms with Gasteiger partial charge in [0.05, 0.1) is 21.8 Å². The molecule has 0 saturated heterocycles. The molecule has 0 radical (unpaired) electrons. The molecule has 0 aromatic carbocycles. The molecule has 18 heavy (non-hydrogen) atoms. The molecule has 1 N–H and O–H groups in total. The molecule has 0 aliphatic rings. The van der Waals surface area contributed by atoms with Crippen molar-refractivity contribution in [2.24, 2.45) is 0 Å². The molecule has 4 nitrogen and oxygen atoms in total. The summed E-state index contributed by atoms with van der Waals surface area (Å²) in [5.41, 5.74) is 1.03. The fraction of sp³-hybridized carbons (Fsp3) is 0.385. The Labute approximate surface area is 111 Å². The van der Waals surface area contributed by atoms with Crippen molar-refractivity contribution < 1.29 is 4.74 Å². The summed E-state index contributed by atoms with van der Waals surface area (Å²) in [7, 11) is 0. The zero-order chi connectivity index (χ0) is 12.8. The van der Waals surface area contributed by atoms with Gasteiger partial charge in [-0.3, -0.25) is 4.98 Å². The van der Waals surface area contributed by atoms with Gasteiger partial charge >= 0.3 is 0 Å². The number of nitrogens with one attached hydrogen (secondary N) is 1. The Morgan fingerprint density at radius 1 is 1.28 bits per heavy atom. The second-order valence-corrected chi connectivity index (χ2v) is 5.22. The van der Waals surface area contributed by atoms with Crippen LogP contribution in [0.3, 0.4) is 0 Å². The van der Waals surface area contributed by atoms with E-state index in [9.17, 15) is 0 Å². The summed E-state index contributed by atoms with van der Waals surface area (Å²) >= 11 is 1.65. The van der Waals surface area contributed by atoms with Gasteiger partial charge in [0.2, 0.25) is 0 Å². The quantitative estimate of drug-likeness (QED) is 0.870. The number of hydrogen-bond donors (Lipinski definition) is 1. The molecule has 2 aromatic rings.